The Bertz CT molecular complexity index is 939. The number of hydrogen-bond acceptors (Lipinski definition) is 4. The van der Waals surface area contributed by atoms with Gasteiger partial charge in [-0.25, -0.2) is 0 Å². The molecule has 0 heterocycles. The SMILES string of the molecule is NC(=O)c1cccc(C(=O)N(c2ccccc2O)c2ccccc2O)c1. The number of nitrogens with two attached hydrogens (primary N) is 1. The van der Waals surface area contributed by atoms with E-state index >= 15 is 0 Å². The molecule has 0 aliphatic heterocycles. The van der Waals surface area contributed by atoms with E-state index in [1.165, 1.54) is 35.2 Å². The molecule has 6 heteroatoms. The fourth-order valence-corrected chi connectivity index (χ4v) is 2.59. The van der Waals surface area contributed by atoms with Crippen LogP contribution in [-0.2, 0) is 0 Å². The Balaban J connectivity index is 2.17. The molecule has 0 aliphatic rings. The smallest absolute Gasteiger partial charge is 0.263 e. The predicted molar refractivity (Wildman–Crippen MR) is 97.6 cm³/mol. The molecule has 0 aliphatic carbocycles. The summed E-state index contributed by atoms with van der Waals surface area (Å²) in [5, 5.41) is 20.4. The summed E-state index contributed by atoms with van der Waals surface area (Å²) in [6.45, 7) is 0. The van der Waals surface area contributed by atoms with E-state index in [1.807, 2.05) is 0 Å². The molecule has 0 radical (unpaired) electrons. The molecular formula is C20H16N2O4. The first-order chi connectivity index (χ1) is 12.5. The molecule has 130 valence electrons. The van der Waals surface area contributed by atoms with Gasteiger partial charge in [0.25, 0.3) is 5.91 Å². The van der Waals surface area contributed by atoms with E-state index in [0.717, 1.165) is 0 Å². The van der Waals surface area contributed by atoms with E-state index in [1.54, 1.807) is 42.5 Å². The van der Waals surface area contributed by atoms with Crippen molar-refractivity contribution < 1.29 is 19.8 Å². The largest absolute Gasteiger partial charge is 0.506 e. The summed E-state index contributed by atoms with van der Waals surface area (Å²) >= 11 is 0. The van der Waals surface area contributed by atoms with Crippen molar-refractivity contribution in [1.29, 1.82) is 0 Å². The average Bonchev–Trinajstić information content (AvgIpc) is 2.65. The first-order valence-corrected chi connectivity index (χ1v) is 7.79. The quantitative estimate of drug-likeness (QED) is 0.673. The topological polar surface area (TPSA) is 104 Å². The van der Waals surface area contributed by atoms with Crippen LogP contribution in [0.1, 0.15) is 20.7 Å². The normalized spacial score (nSPS) is 10.3. The minimum atomic E-state index is -0.656. The van der Waals surface area contributed by atoms with Gasteiger partial charge in [-0.05, 0) is 42.5 Å². The van der Waals surface area contributed by atoms with Gasteiger partial charge in [0.2, 0.25) is 5.91 Å². The zero-order valence-electron chi connectivity index (χ0n) is 13.7. The van der Waals surface area contributed by atoms with E-state index in [4.69, 9.17) is 5.73 Å². The summed E-state index contributed by atoms with van der Waals surface area (Å²) in [5.41, 5.74) is 6.05. The summed E-state index contributed by atoms with van der Waals surface area (Å²) in [7, 11) is 0. The lowest BCUT2D eigenvalue weighted by atomic mass is 10.1. The molecule has 0 spiro atoms. The Kier molecular flexibility index (Phi) is 4.57. The standard InChI is InChI=1S/C20H16N2O4/c21-19(25)13-6-5-7-14(12-13)20(26)22(15-8-1-3-10-17(15)23)16-9-2-4-11-18(16)24/h1-12,23-24H,(H2,21,25). The van der Waals surface area contributed by atoms with Crippen molar-refractivity contribution in [2.75, 3.05) is 4.90 Å². The van der Waals surface area contributed by atoms with E-state index in [0.29, 0.717) is 0 Å². The van der Waals surface area contributed by atoms with Gasteiger partial charge in [-0.15, -0.1) is 0 Å². The first-order valence-electron chi connectivity index (χ1n) is 7.79. The Morgan fingerprint density at radius 2 is 1.23 bits per heavy atom. The zero-order valence-corrected chi connectivity index (χ0v) is 13.7. The molecular weight excluding hydrogens is 332 g/mol. The number of phenolic OH excluding ortho intramolecular Hbond substituents is 2. The summed E-state index contributed by atoms with van der Waals surface area (Å²) < 4.78 is 0. The number of amides is 2. The van der Waals surface area contributed by atoms with Crippen LogP contribution in [0.5, 0.6) is 11.5 Å². The second-order valence-corrected chi connectivity index (χ2v) is 5.56. The number of carbonyl (C=O) groups is 2. The van der Waals surface area contributed by atoms with Gasteiger partial charge in [-0.1, -0.05) is 30.3 Å². The van der Waals surface area contributed by atoms with Crippen LogP contribution >= 0.6 is 0 Å². The second-order valence-electron chi connectivity index (χ2n) is 5.56. The van der Waals surface area contributed by atoms with E-state index in [9.17, 15) is 19.8 Å². The minimum Gasteiger partial charge on any atom is -0.506 e. The molecule has 3 rings (SSSR count). The van der Waals surface area contributed by atoms with E-state index < -0.39 is 11.8 Å². The van der Waals surface area contributed by atoms with Crippen molar-refractivity contribution >= 4 is 23.2 Å². The Hall–Kier alpha value is -3.80. The van der Waals surface area contributed by atoms with Gasteiger partial charge < -0.3 is 15.9 Å². The number of primary amides is 1. The summed E-state index contributed by atoms with van der Waals surface area (Å²) in [5.74, 6) is -1.45. The second kappa shape index (κ2) is 6.98. The fourth-order valence-electron chi connectivity index (χ4n) is 2.59. The number of phenols is 2. The molecule has 2 amide bonds. The number of carbonyl (C=O) groups excluding carboxylic acids is 2. The van der Waals surface area contributed by atoms with Gasteiger partial charge in [-0.2, -0.15) is 0 Å². The number of rotatable bonds is 4. The lowest BCUT2D eigenvalue weighted by Gasteiger charge is -2.24. The highest BCUT2D eigenvalue weighted by atomic mass is 16.3. The number of para-hydroxylation sites is 4. The van der Waals surface area contributed by atoms with Gasteiger partial charge in [0.15, 0.2) is 0 Å². The highest BCUT2D eigenvalue weighted by Gasteiger charge is 2.24. The maximum atomic E-state index is 13.2. The lowest BCUT2D eigenvalue weighted by Crippen LogP contribution is -2.26. The molecule has 0 saturated carbocycles. The third-order valence-electron chi connectivity index (χ3n) is 3.84. The molecule has 3 aromatic carbocycles. The van der Waals surface area contributed by atoms with Crippen molar-refractivity contribution in [2.24, 2.45) is 5.73 Å². The highest BCUT2D eigenvalue weighted by molar-refractivity contribution is 6.13. The van der Waals surface area contributed by atoms with Gasteiger partial charge in [0, 0.05) is 11.1 Å². The Morgan fingerprint density at radius 3 is 1.73 bits per heavy atom. The predicted octanol–water partition coefficient (Wildman–Crippen LogP) is 3.18. The van der Waals surface area contributed by atoms with Crippen LogP contribution < -0.4 is 10.6 Å². The van der Waals surface area contributed by atoms with Crippen molar-refractivity contribution in [3.63, 3.8) is 0 Å². The number of benzene rings is 3. The number of nitrogens with zero attached hydrogens (tertiary/aromatic N) is 1. The molecule has 4 N–H and O–H groups in total. The van der Waals surface area contributed by atoms with Crippen molar-refractivity contribution in [3.05, 3.63) is 83.9 Å². The van der Waals surface area contributed by atoms with Gasteiger partial charge in [0.1, 0.15) is 11.5 Å². The zero-order chi connectivity index (χ0) is 18.7. The summed E-state index contributed by atoms with van der Waals surface area (Å²) in [6, 6.07) is 18.5. The first kappa shape index (κ1) is 17.0. The molecule has 0 atom stereocenters. The summed E-state index contributed by atoms with van der Waals surface area (Å²) in [6.07, 6.45) is 0. The van der Waals surface area contributed by atoms with Crippen LogP contribution in [0, 0.1) is 0 Å². The van der Waals surface area contributed by atoms with Crippen LogP contribution in [0.25, 0.3) is 0 Å². The van der Waals surface area contributed by atoms with Crippen LogP contribution in [0.4, 0.5) is 11.4 Å². The van der Waals surface area contributed by atoms with E-state index in [-0.39, 0.29) is 34.0 Å². The maximum absolute atomic E-state index is 13.2. The van der Waals surface area contributed by atoms with Crippen molar-refractivity contribution in [3.8, 4) is 11.5 Å². The van der Waals surface area contributed by atoms with Gasteiger partial charge >= 0.3 is 0 Å². The molecule has 0 aromatic heterocycles. The Labute approximate surface area is 149 Å². The average molecular weight is 348 g/mol. The Morgan fingerprint density at radius 1 is 0.731 bits per heavy atom. The molecule has 6 nitrogen and oxygen atoms in total. The highest BCUT2D eigenvalue weighted by Crippen LogP contribution is 2.38. The van der Waals surface area contributed by atoms with Crippen LogP contribution in [0.3, 0.4) is 0 Å². The number of anilines is 2. The molecule has 0 bridgehead atoms. The van der Waals surface area contributed by atoms with Crippen LogP contribution in [0.15, 0.2) is 72.8 Å². The van der Waals surface area contributed by atoms with Crippen LogP contribution in [-0.4, -0.2) is 22.0 Å². The minimum absolute atomic E-state index is 0.129. The monoisotopic (exact) mass is 348 g/mol. The third kappa shape index (κ3) is 3.21. The molecule has 3 aromatic rings. The number of aromatic hydroxyl groups is 2. The molecule has 26 heavy (non-hydrogen) atoms. The molecule has 0 saturated heterocycles. The third-order valence-corrected chi connectivity index (χ3v) is 3.84. The summed E-state index contributed by atoms with van der Waals surface area (Å²) in [4.78, 5) is 25.8. The van der Waals surface area contributed by atoms with Gasteiger partial charge in [0.05, 0.1) is 11.4 Å². The fraction of sp³-hybridized carbons (Fsp3) is 0. The van der Waals surface area contributed by atoms with Gasteiger partial charge in [-0.3, -0.25) is 14.5 Å². The van der Waals surface area contributed by atoms with Crippen molar-refractivity contribution in [2.45, 2.75) is 0 Å². The molecule has 0 fully saturated rings. The molecule has 0 unspecified atom stereocenters. The van der Waals surface area contributed by atoms with E-state index in [2.05, 4.69) is 0 Å². The van der Waals surface area contributed by atoms with Crippen molar-refractivity contribution in [1.82, 2.24) is 0 Å². The number of hydrogen-bond donors (Lipinski definition) is 3. The lowest BCUT2D eigenvalue weighted by molar-refractivity contribution is 0.0997. The maximum Gasteiger partial charge on any atom is 0.263 e. The van der Waals surface area contributed by atoms with Crippen LogP contribution in [0.2, 0.25) is 0 Å².